The van der Waals surface area contributed by atoms with Gasteiger partial charge in [0.1, 0.15) is 18.5 Å². The molecule has 1 aliphatic heterocycles. The van der Waals surface area contributed by atoms with E-state index in [0.717, 1.165) is 65.7 Å². The lowest BCUT2D eigenvalue weighted by molar-refractivity contribution is -0.117. The Hall–Kier alpha value is -2.52. The Morgan fingerprint density at radius 1 is 1.14 bits per heavy atom. The number of aromatic nitrogens is 1. The third-order valence-electron chi connectivity index (χ3n) is 6.88. The number of ether oxygens (including phenoxy) is 1. The lowest BCUT2D eigenvalue weighted by Crippen LogP contribution is -2.50. The van der Waals surface area contributed by atoms with Gasteiger partial charge in [0, 0.05) is 44.5 Å². The van der Waals surface area contributed by atoms with Gasteiger partial charge in [-0.3, -0.25) is 14.6 Å². The van der Waals surface area contributed by atoms with Crippen LogP contribution in [0.2, 0.25) is 0 Å². The van der Waals surface area contributed by atoms with Crippen molar-refractivity contribution in [3.05, 3.63) is 52.5 Å². The van der Waals surface area contributed by atoms with E-state index >= 15 is 0 Å². The van der Waals surface area contributed by atoms with Gasteiger partial charge in [0.25, 0.3) is 0 Å². The number of fused-ring (bicyclic) bond motifs is 2. The van der Waals surface area contributed by atoms with Crippen molar-refractivity contribution in [2.75, 3.05) is 51.2 Å². The van der Waals surface area contributed by atoms with Gasteiger partial charge in [-0.1, -0.05) is 12.1 Å². The molecular weight excluding hydrogens is 460 g/mol. The van der Waals surface area contributed by atoms with E-state index in [4.69, 9.17) is 4.74 Å². The second-order valence-corrected chi connectivity index (χ2v) is 10.8. The molecule has 1 saturated heterocycles. The number of thiazole rings is 1. The van der Waals surface area contributed by atoms with Gasteiger partial charge < -0.3 is 15.2 Å². The number of aliphatic hydroxyl groups is 1. The lowest BCUT2D eigenvalue weighted by Gasteiger charge is -2.35. The van der Waals surface area contributed by atoms with E-state index in [9.17, 15) is 9.90 Å². The van der Waals surface area contributed by atoms with E-state index in [1.54, 1.807) is 11.3 Å². The second-order valence-electron chi connectivity index (χ2n) is 9.60. The van der Waals surface area contributed by atoms with Gasteiger partial charge in [-0.15, -0.1) is 11.3 Å². The molecule has 1 aromatic heterocycles. The molecule has 1 amide bonds. The predicted octanol–water partition coefficient (Wildman–Crippen LogP) is 3.48. The fourth-order valence-electron chi connectivity index (χ4n) is 5.08. The lowest BCUT2D eigenvalue weighted by atomic mass is 9.90. The number of rotatable bonds is 8. The molecule has 2 heterocycles. The molecule has 0 spiro atoms. The SMILES string of the molecule is Cc1nc2cc(OCC(O)CN3CCN(CC(=O)Nc4cccc5c4CCCC5)CC3)ccc2s1. The first-order chi connectivity index (χ1) is 17.0. The number of hydrogen-bond acceptors (Lipinski definition) is 7. The summed E-state index contributed by atoms with van der Waals surface area (Å²) in [5.74, 6) is 0.787. The van der Waals surface area contributed by atoms with Crippen molar-refractivity contribution in [2.45, 2.75) is 38.7 Å². The first-order valence-electron chi connectivity index (χ1n) is 12.6. The van der Waals surface area contributed by atoms with E-state index in [1.165, 1.54) is 24.0 Å². The molecule has 2 aliphatic rings. The Morgan fingerprint density at radius 2 is 1.94 bits per heavy atom. The minimum absolute atomic E-state index is 0.0538. The Morgan fingerprint density at radius 3 is 2.80 bits per heavy atom. The third-order valence-corrected chi connectivity index (χ3v) is 7.83. The van der Waals surface area contributed by atoms with Crippen LogP contribution in [0.25, 0.3) is 10.2 Å². The summed E-state index contributed by atoms with van der Waals surface area (Å²) in [5, 5.41) is 14.7. The minimum atomic E-state index is -0.568. The Kier molecular flexibility index (Phi) is 7.63. The Bertz CT molecular complexity index is 1170. The molecule has 7 nitrogen and oxygen atoms in total. The van der Waals surface area contributed by atoms with Crippen molar-refractivity contribution in [1.82, 2.24) is 14.8 Å². The van der Waals surface area contributed by atoms with Crippen LogP contribution in [0.15, 0.2) is 36.4 Å². The average molecular weight is 495 g/mol. The van der Waals surface area contributed by atoms with E-state index in [1.807, 2.05) is 37.3 Å². The van der Waals surface area contributed by atoms with Gasteiger partial charge >= 0.3 is 0 Å². The third kappa shape index (κ3) is 6.19. The zero-order chi connectivity index (χ0) is 24.2. The van der Waals surface area contributed by atoms with E-state index in [0.29, 0.717) is 13.1 Å². The second kappa shape index (κ2) is 11.0. The maximum absolute atomic E-state index is 12.7. The molecule has 1 unspecified atom stereocenters. The quantitative estimate of drug-likeness (QED) is 0.499. The van der Waals surface area contributed by atoms with Gasteiger partial charge in [-0.05, 0) is 61.9 Å². The normalized spacial score (nSPS) is 17.8. The van der Waals surface area contributed by atoms with Crippen LogP contribution in [0, 0.1) is 6.92 Å². The van der Waals surface area contributed by atoms with Crippen LogP contribution < -0.4 is 10.1 Å². The topological polar surface area (TPSA) is 77.9 Å². The molecule has 2 N–H and O–H groups in total. The first-order valence-corrected chi connectivity index (χ1v) is 13.4. The van der Waals surface area contributed by atoms with E-state index < -0.39 is 6.10 Å². The molecule has 0 radical (unpaired) electrons. The number of piperazine rings is 1. The highest BCUT2D eigenvalue weighted by atomic mass is 32.1. The van der Waals surface area contributed by atoms with Crippen LogP contribution in [0.1, 0.15) is 29.0 Å². The van der Waals surface area contributed by atoms with E-state index in [2.05, 4.69) is 26.2 Å². The van der Waals surface area contributed by atoms with Crippen molar-refractivity contribution in [3.63, 3.8) is 0 Å². The van der Waals surface area contributed by atoms with Crippen molar-refractivity contribution in [2.24, 2.45) is 0 Å². The molecule has 3 aromatic rings. The highest BCUT2D eigenvalue weighted by molar-refractivity contribution is 7.18. The zero-order valence-corrected chi connectivity index (χ0v) is 21.1. The summed E-state index contributed by atoms with van der Waals surface area (Å²) in [6, 6.07) is 12.1. The van der Waals surface area contributed by atoms with Gasteiger partial charge in [-0.2, -0.15) is 0 Å². The van der Waals surface area contributed by atoms with Crippen LogP contribution >= 0.6 is 11.3 Å². The van der Waals surface area contributed by atoms with Gasteiger partial charge in [0.2, 0.25) is 5.91 Å². The fourth-order valence-corrected chi connectivity index (χ4v) is 5.88. The first kappa shape index (κ1) is 24.2. The monoisotopic (exact) mass is 494 g/mol. The highest BCUT2D eigenvalue weighted by Gasteiger charge is 2.22. The number of hydrogen-bond donors (Lipinski definition) is 2. The van der Waals surface area contributed by atoms with E-state index in [-0.39, 0.29) is 12.5 Å². The minimum Gasteiger partial charge on any atom is -0.491 e. The summed E-state index contributed by atoms with van der Waals surface area (Å²) in [5.41, 5.74) is 4.61. The van der Waals surface area contributed by atoms with Crippen molar-refractivity contribution in [1.29, 1.82) is 0 Å². The molecule has 5 rings (SSSR count). The maximum atomic E-state index is 12.7. The molecule has 186 valence electrons. The number of carbonyl (C=O) groups is 1. The average Bonchev–Trinajstić information content (AvgIpc) is 3.23. The Labute approximate surface area is 210 Å². The number of aliphatic hydroxyl groups excluding tert-OH is 1. The molecule has 1 fully saturated rings. The molecule has 8 heteroatoms. The molecule has 0 bridgehead atoms. The smallest absolute Gasteiger partial charge is 0.238 e. The molecule has 35 heavy (non-hydrogen) atoms. The molecule has 1 atom stereocenters. The molecule has 0 saturated carbocycles. The van der Waals surface area contributed by atoms with Crippen LogP contribution in [0.3, 0.4) is 0 Å². The summed E-state index contributed by atoms with van der Waals surface area (Å²) in [6.45, 7) is 6.50. The molecular formula is C27H34N4O3S. The molecule has 1 aliphatic carbocycles. The summed E-state index contributed by atoms with van der Waals surface area (Å²) in [4.78, 5) is 21.6. The van der Waals surface area contributed by atoms with Crippen molar-refractivity contribution >= 4 is 33.1 Å². The van der Waals surface area contributed by atoms with Crippen molar-refractivity contribution in [3.8, 4) is 5.75 Å². The van der Waals surface area contributed by atoms with Gasteiger partial charge in [0.05, 0.1) is 21.8 Å². The standard InChI is InChI=1S/C27H34N4O3S/c1-19-28-25-15-22(9-10-26(25)35-19)34-18-21(32)16-30-11-13-31(14-12-30)17-27(33)29-24-8-4-6-20-5-2-3-7-23(20)24/h4,6,8-10,15,21,32H,2-3,5,7,11-14,16-18H2,1H3,(H,29,33). The fraction of sp³-hybridized carbons (Fsp3) is 0.481. The molecule has 2 aromatic carbocycles. The van der Waals surface area contributed by atoms with Gasteiger partial charge in [-0.25, -0.2) is 4.98 Å². The maximum Gasteiger partial charge on any atom is 0.238 e. The van der Waals surface area contributed by atoms with Crippen LogP contribution in [-0.2, 0) is 17.6 Å². The number of benzene rings is 2. The number of nitrogens with one attached hydrogen (secondary N) is 1. The number of β-amino-alcohol motifs (C(OH)–C–C–N with tert-alkyl or cyclic N) is 1. The number of anilines is 1. The zero-order valence-electron chi connectivity index (χ0n) is 20.3. The number of aryl methyl sites for hydroxylation is 2. The Balaban J connectivity index is 1.04. The number of carbonyl (C=O) groups excluding carboxylic acids is 1. The summed E-state index contributed by atoms with van der Waals surface area (Å²) >= 11 is 1.67. The van der Waals surface area contributed by atoms with Crippen LogP contribution in [-0.4, -0.2) is 77.8 Å². The van der Waals surface area contributed by atoms with Crippen LogP contribution in [0.4, 0.5) is 5.69 Å². The summed E-state index contributed by atoms with van der Waals surface area (Å²) in [7, 11) is 0. The van der Waals surface area contributed by atoms with Crippen LogP contribution in [0.5, 0.6) is 5.75 Å². The number of nitrogens with zero attached hydrogens (tertiary/aromatic N) is 3. The van der Waals surface area contributed by atoms with Crippen molar-refractivity contribution < 1.29 is 14.6 Å². The predicted molar refractivity (Wildman–Crippen MR) is 140 cm³/mol. The van der Waals surface area contributed by atoms with Gasteiger partial charge in [0.15, 0.2) is 0 Å². The summed E-state index contributed by atoms with van der Waals surface area (Å²) < 4.78 is 6.96. The summed E-state index contributed by atoms with van der Waals surface area (Å²) in [6.07, 6.45) is 4.02. The largest absolute Gasteiger partial charge is 0.491 e. The number of amides is 1. The highest BCUT2D eigenvalue weighted by Crippen LogP contribution is 2.28.